The van der Waals surface area contributed by atoms with Gasteiger partial charge in [-0.1, -0.05) is 13.3 Å². The van der Waals surface area contributed by atoms with Gasteiger partial charge in [0.05, 0.1) is 0 Å². The molecule has 0 aliphatic carbocycles. The molecule has 2 nitrogen and oxygen atoms in total. The summed E-state index contributed by atoms with van der Waals surface area (Å²) in [6.45, 7) is 3.93. The van der Waals surface area contributed by atoms with Gasteiger partial charge in [0.2, 0.25) is 5.91 Å². The fourth-order valence-electron chi connectivity index (χ4n) is 1.38. The van der Waals surface area contributed by atoms with E-state index in [1.165, 1.54) is 4.42 Å². The molecule has 0 N–H and O–H groups in total. The fourth-order valence-corrected chi connectivity index (χ4v) is 1.65. The first-order valence-electron chi connectivity index (χ1n) is 4.11. The summed E-state index contributed by atoms with van der Waals surface area (Å²) in [7, 11) is 0. The molecule has 1 amide bonds. The van der Waals surface area contributed by atoms with Crippen molar-refractivity contribution in [2.75, 3.05) is 0 Å². The number of rotatable bonds is 0. The maximum absolute atomic E-state index is 11.3. The molecule has 0 spiro atoms. The second-order valence-electron chi connectivity index (χ2n) is 3.33. The summed E-state index contributed by atoms with van der Waals surface area (Å²) in [4.78, 5) is 11.3. The fraction of sp³-hybridized carbons (Fsp3) is 0.875. The molecular formula is C8H14ClNO. The van der Waals surface area contributed by atoms with Crippen LogP contribution in [0.3, 0.4) is 0 Å². The zero-order chi connectivity index (χ0) is 8.43. The van der Waals surface area contributed by atoms with Crippen LogP contribution in [0.4, 0.5) is 0 Å². The average Bonchev–Trinajstić information content (AvgIpc) is 2.07. The predicted molar refractivity (Wildman–Crippen MR) is 45.2 cm³/mol. The van der Waals surface area contributed by atoms with Crippen molar-refractivity contribution in [2.45, 2.75) is 39.2 Å². The van der Waals surface area contributed by atoms with E-state index in [4.69, 9.17) is 11.8 Å². The standard InChI is InChI=1S/C8H14ClNO/c1-6-4-3-5-7(2)10(9)8(6)11/h6-7H,3-5H2,1-2H3/t6-,7+/m1/s1. The summed E-state index contributed by atoms with van der Waals surface area (Å²) >= 11 is 5.80. The molecule has 1 fully saturated rings. The first-order valence-corrected chi connectivity index (χ1v) is 4.45. The van der Waals surface area contributed by atoms with Gasteiger partial charge in [0.25, 0.3) is 0 Å². The quantitative estimate of drug-likeness (QED) is 0.517. The topological polar surface area (TPSA) is 20.3 Å². The van der Waals surface area contributed by atoms with Gasteiger partial charge < -0.3 is 0 Å². The minimum atomic E-state index is 0.0802. The Morgan fingerprint density at radius 3 is 2.73 bits per heavy atom. The summed E-state index contributed by atoms with van der Waals surface area (Å²) in [6, 6.07) is 0.203. The largest absolute Gasteiger partial charge is 0.273 e. The van der Waals surface area contributed by atoms with Gasteiger partial charge in [-0.05, 0) is 19.8 Å². The van der Waals surface area contributed by atoms with E-state index >= 15 is 0 Å². The van der Waals surface area contributed by atoms with Crippen LogP contribution >= 0.6 is 11.8 Å². The van der Waals surface area contributed by atoms with E-state index in [1.807, 2.05) is 13.8 Å². The van der Waals surface area contributed by atoms with E-state index in [0.29, 0.717) is 0 Å². The number of hydrogen-bond donors (Lipinski definition) is 0. The lowest BCUT2D eigenvalue weighted by atomic mass is 10.1. The summed E-state index contributed by atoms with van der Waals surface area (Å²) in [5.74, 6) is 0.189. The maximum atomic E-state index is 11.3. The summed E-state index contributed by atoms with van der Waals surface area (Å²) < 4.78 is 1.36. The predicted octanol–water partition coefficient (Wildman–Crippen LogP) is 2.18. The first-order chi connectivity index (χ1) is 5.13. The maximum Gasteiger partial charge on any atom is 0.239 e. The molecule has 2 atom stereocenters. The summed E-state index contributed by atoms with van der Waals surface area (Å²) in [5, 5.41) is 0. The first kappa shape index (κ1) is 8.85. The van der Waals surface area contributed by atoms with Crippen LogP contribution < -0.4 is 0 Å². The van der Waals surface area contributed by atoms with Crippen molar-refractivity contribution in [3.05, 3.63) is 0 Å². The molecule has 11 heavy (non-hydrogen) atoms. The normalized spacial score (nSPS) is 33.7. The molecule has 0 saturated carbocycles. The Kier molecular flexibility index (Phi) is 2.77. The Morgan fingerprint density at radius 2 is 2.09 bits per heavy atom. The molecule has 0 aromatic heterocycles. The van der Waals surface area contributed by atoms with Crippen molar-refractivity contribution >= 4 is 17.7 Å². The molecule has 0 aromatic carbocycles. The minimum Gasteiger partial charge on any atom is -0.273 e. The zero-order valence-corrected chi connectivity index (χ0v) is 7.77. The number of hydrogen-bond acceptors (Lipinski definition) is 1. The molecule has 1 aliphatic heterocycles. The highest BCUT2D eigenvalue weighted by Crippen LogP contribution is 2.22. The molecule has 0 radical (unpaired) electrons. The third-order valence-electron chi connectivity index (χ3n) is 2.28. The summed E-state index contributed by atoms with van der Waals surface area (Å²) in [6.07, 6.45) is 3.11. The highest BCUT2D eigenvalue weighted by molar-refractivity contribution is 6.21. The number of halogens is 1. The van der Waals surface area contributed by atoms with Crippen molar-refractivity contribution in [2.24, 2.45) is 5.92 Å². The molecular weight excluding hydrogens is 162 g/mol. The average molecular weight is 176 g/mol. The number of carbonyl (C=O) groups excluding carboxylic acids is 1. The van der Waals surface area contributed by atoms with Crippen molar-refractivity contribution in [1.29, 1.82) is 0 Å². The lowest BCUT2D eigenvalue weighted by molar-refractivity contribution is -0.130. The molecule has 64 valence electrons. The van der Waals surface area contributed by atoms with Crippen LogP contribution in [0, 0.1) is 5.92 Å². The third-order valence-corrected chi connectivity index (χ3v) is 2.78. The number of amides is 1. The van der Waals surface area contributed by atoms with Crippen molar-refractivity contribution in [3.63, 3.8) is 0 Å². The lowest BCUT2D eigenvalue weighted by Crippen LogP contribution is -2.31. The summed E-state index contributed by atoms with van der Waals surface area (Å²) in [5.41, 5.74) is 0. The Labute approximate surface area is 72.6 Å². The molecule has 0 aromatic rings. The van der Waals surface area contributed by atoms with Crippen LogP contribution in [0.25, 0.3) is 0 Å². The van der Waals surface area contributed by atoms with E-state index in [9.17, 15) is 4.79 Å². The van der Waals surface area contributed by atoms with Crippen molar-refractivity contribution in [1.82, 2.24) is 4.42 Å². The lowest BCUT2D eigenvalue weighted by Gasteiger charge is -2.19. The Bertz CT molecular complexity index is 160. The zero-order valence-electron chi connectivity index (χ0n) is 7.01. The molecule has 1 saturated heterocycles. The van der Waals surface area contributed by atoms with Crippen LogP contribution in [0.5, 0.6) is 0 Å². The van der Waals surface area contributed by atoms with Gasteiger partial charge in [-0.3, -0.25) is 9.21 Å². The van der Waals surface area contributed by atoms with E-state index in [1.54, 1.807) is 0 Å². The van der Waals surface area contributed by atoms with Crippen LogP contribution in [0.2, 0.25) is 0 Å². The molecule has 1 aliphatic rings. The molecule has 1 rings (SSSR count). The van der Waals surface area contributed by atoms with Crippen LogP contribution in [-0.4, -0.2) is 16.4 Å². The van der Waals surface area contributed by atoms with Crippen molar-refractivity contribution in [3.8, 4) is 0 Å². The number of carbonyl (C=O) groups is 1. The minimum absolute atomic E-state index is 0.0802. The van der Waals surface area contributed by atoms with Crippen LogP contribution in [0.1, 0.15) is 33.1 Å². The second kappa shape index (κ2) is 3.44. The van der Waals surface area contributed by atoms with Crippen LogP contribution in [0.15, 0.2) is 0 Å². The van der Waals surface area contributed by atoms with Crippen molar-refractivity contribution < 1.29 is 4.79 Å². The SMILES string of the molecule is C[C@@H]1CCC[C@H](C)N(Cl)C1=O. The Balaban J connectivity index is 2.66. The smallest absolute Gasteiger partial charge is 0.239 e. The highest BCUT2D eigenvalue weighted by Gasteiger charge is 2.26. The molecule has 0 bridgehead atoms. The Hall–Kier alpha value is -0.240. The molecule has 1 heterocycles. The monoisotopic (exact) mass is 175 g/mol. The Morgan fingerprint density at radius 1 is 1.45 bits per heavy atom. The number of nitrogens with zero attached hydrogens (tertiary/aromatic N) is 1. The van der Waals surface area contributed by atoms with Gasteiger partial charge in [-0.25, -0.2) is 0 Å². The van der Waals surface area contributed by atoms with E-state index in [2.05, 4.69) is 0 Å². The second-order valence-corrected chi connectivity index (χ2v) is 3.69. The highest BCUT2D eigenvalue weighted by atomic mass is 35.5. The van der Waals surface area contributed by atoms with Gasteiger partial charge in [-0.2, -0.15) is 0 Å². The van der Waals surface area contributed by atoms with Crippen LogP contribution in [-0.2, 0) is 4.79 Å². The van der Waals surface area contributed by atoms with Gasteiger partial charge in [0.15, 0.2) is 0 Å². The third kappa shape index (κ3) is 1.86. The van der Waals surface area contributed by atoms with Gasteiger partial charge in [-0.15, -0.1) is 0 Å². The van der Waals surface area contributed by atoms with E-state index in [0.717, 1.165) is 19.3 Å². The molecule has 3 heteroatoms. The molecule has 0 unspecified atom stereocenters. The van der Waals surface area contributed by atoms with Gasteiger partial charge in [0, 0.05) is 23.7 Å². The van der Waals surface area contributed by atoms with Gasteiger partial charge in [0.1, 0.15) is 0 Å². The van der Waals surface area contributed by atoms with Gasteiger partial charge >= 0.3 is 0 Å². The van der Waals surface area contributed by atoms with E-state index in [-0.39, 0.29) is 17.9 Å². The van der Waals surface area contributed by atoms with E-state index < -0.39 is 0 Å².